The standard InChI is InChI=1S/C15H18ClN3O2.ClH/c16-12-3-1-2-11(10-12)13(20)18-6-8-19(9-7-18)14(21)15(17)4-5-15;/h1-3,10H,4-9,17H2;1H. The number of halogens is 2. The van der Waals surface area contributed by atoms with Gasteiger partial charge in [0.1, 0.15) is 0 Å². The average Bonchev–Trinajstić information content (AvgIpc) is 3.25. The molecule has 5 nitrogen and oxygen atoms in total. The number of nitrogens with zero attached hydrogens (tertiary/aromatic N) is 2. The summed E-state index contributed by atoms with van der Waals surface area (Å²) >= 11 is 5.91. The SMILES string of the molecule is Cl.NC1(C(=O)N2CCN(C(=O)c3cccc(Cl)c3)CC2)CC1. The van der Waals surface area contributed by atoms with Gasteiger partial charge in [0.2, 0.25) is 5.91 Å². The van der Waals surface area contributed by atoms with E-state index in [0.717, 1.165) is 12.8 Å². The van der Waals surface area contributed by atoms with E-state index in [-0.39, 0.29) is 24.2 Å². The topological polar surface area (TPSA) is 66.6 Å². The molecule has 0 radical (unpaired) electrons. The van der Waals surface area contributed by atoms with Crippen molar-refractivity contribution in [3.63, 3.8) is 0 Å². The van der Waals surface area contributed by atoms with Crippen molar-refractivity contribution >= 4 is 35.8 Å². The molecule has 1 aromatic rings. The predicted molar refractivity (Wildman–Crippen MR) is 87.3 cm³/mol. The Kier molecular flexibility index (Phi) is 5.00. The van der Waals surface area contributed by atoms with Crippen LogP contribution >= 0.6 is 24.0 Å². The highest BCUT2D eigenvalue weighted by Crippen LogP contribution is 2.34. The van der Waals surface area contributed by atoms with Crippen LogP contribution < -0.4 is 5.73 Å². The maximum Gasteiger partial charge on any atom is 0.254 e. The first-order valence-corrected chi connectivity index (χ1v) is 7.50. The third-order valence-corrected chi connectivity index (χ3v) is 4.38. The molecule has 0 spiro atoms. The number of hydrogen-bond donors (Lipinski definition) is 1. The highest BCUT2D eigenvalue weighted by Gasteiger charge is 2.48. The second-order valence-corrected chi connectivity index (χ2v) is 6.19. The molecule has 3 rings (SSSR count). The highest BCUT2D eigenvalue weighted by molar-refractivity contribution is 6.30. The van der Waals surface area contributed by atoms with E-state index >= 15 is 0 Å². The molecule has 1 aliphatic heterocycles. The number of amides is 2. The third-order valence-electron chi connectivity index (χ3n) is 4.14. The van der Waals surface area contributed by atoms with Gasteiger partial charge in [-0.3, -0.25) is 9.59 Å². The molecule has 2 fully saturated rings. The Morgan fingerprint density at radius 3 is 2.23 bits per heavy atom. The van der Waals surface area contributed by atoms with Crippen LogP contribution in [0.3, 0.4) is 0 Å². The molecule has 0 aromatic heterocycles. The lowest BCUT2D eigenvalue weighted by Crippen LogP contribution is -2.55. The van der Waals surface area contributed by atoms with E-state index < -0.39 is 5.54 Å². The molecule has 2 aliphatic rings. The normalized spacial score (nSPS) is 19.4. The van der Waals surface area contributed by atoms with Crippen LogP contribution in [0.1, 0.15) is 23.2 Å². The van der Waals surface area contributed by atoms with E-state index in [4.69, 9.17) is 17.3 Å². The first-order chi connectivity index (χ1) is 9.99. The number of hydrogen-bond acceptors (Lipinski definition) is 3. The van der Waals surface area contributed by atoms with Crippen molar-refractivity contribution in [1.29, 1.82) is 0 Å². The summed E-state index contributed by atoms with van der Waals surface area (Å²) in [4.78, 5) is 28.1. The van der Waals surface area contributed by atoms with E-state index in [2.05, 4.69) is 0 Å². The van der Waals surface area contributed by atoms with E-state index in [1.807, 2.05) is 0 Å². The molecule has 1 aromatic carbocycles. The highest BCUT2D eigenvalue weighted by atomic mass is 35.5. The zero-order valence-corrected chi connectivity index (χ0v) is 13.7. The second kappa shape index (κ2) is 6.44. The smallest absolute Gasteiger partial charge is 0.254 e. The molecule has 0 unspecified atom stereocenters. The molecule has 7 heteroatoms. The van der Waals surface area contributed by atoms with Gasteiger partial charge in [0, 0.05) is 36.8 Å². The molecule has 1 aliphatic carbocycles. The summed E-state index contributed by atoms with van der Waals surface area (Å²) in [5.41, 5.74) is 5.89. The first kappa shape index (κ1) is 17.1. The number of benzene rings is 1. The van der Waals surface area contributed by atoms with Gasteiger partial charge in [0.25, 0.3) is 5.91 Å². The van der Waals surface area contributed by atoms with Gasteiger partial charge < -0.3 is 15.5 Å². The summed E-state index contributed by atoms with van der Waals surface area (Å²) in [5, 5.41) is 0.550. The molecule has 1 heterocycles. The molecule has 0 bridgehead atoms. The van der Waals surface area contributed by atoms with Gasteiger partial charge in [-0.05, 0) is 31.0 Å². The molecule has 2 amide bonds. The minimum atomic E-state index is -0.626. The van der Waals surface area contributed by atoms with Crippen LogP contribution in [0, 0.1) is 0 Å². The van der Waals surface area contributed by atoms with Gasteiger partial charge in [-0.2, -0.15) is 0 Å². The zero-order chi connectivity index (χ0) is 15.0. The minimum Gasteiger partial charge on any atom is -0.338 e. The fourth-order valence-corrected chi connectivity index (χ4v) is 2.77. The fraction of sp³-hybridized carbons (Fsp3) is 0.467. The van der Waals surface area contributed by atoms with Crippen LogP contribution in [0.25, 0.3) is 0 Å². The molecule has 22 heavy (non-hydrogen) atoms. The Morgan fingerprint density at radius 2 is 1.68 bits per heavy atom. The summed E-state index contributed by atoms with van der Waals surface area (Å²) in [6, 6.07) is 6.93. The Balaban J connectivity index is 0.00000176. The van der Waals surface area contributed by atoms with Crippen LogP contribution in [0.5, 0.6) is 0 Å². The van der Waals surface area contributed by atoms with Crippen LogP contribution in [0.2, 0.25) is 5.02 Å². The van der Waals surface area contributed by atoms with E-state index in [1.165, 1.54) is 0 Å². The number of carbonyl (C=O) groups excluding carboxylic acids is 2. The predicted octanol–water partition coefficient (Wildman–Crippen LogP) is 1.54. The van der Waals surface area contributed by atoms with Crippen LogP contribution in [-0.4, -0.2) is 53.3 Å². The fourth-order valence-electron chi connectivity index (χ4n) is 2.58. The van der Waals surface area contributed by atoms with Gasteiger partial charge in [-0.15, -0.1) is 12.4 Å². The van der Waals surface area contributed by atoms with E-state index in [0.29, 0.717) is 36.8 Å². The number of rotatable bonds is 2. The second-order valence-electron chi connectivity index (χ2n) is 5.75. The molecule has 1 saturated heterocycles. The average molecular weight is 344 g/mol. The monoisotopic (exact) mass is 343 g/mol. The zero-order valence-electron chi connectivity index (χ0n) is 12.1. The third kappa shape index (κ3) is 3.37. The quantitative estimate of drug-likeness (QED) is 0.885. The Morgan fingerprint density at radius 1 is 1.09 bits per heavy atom. The minimum absolute atomic E-state index is 0. The van der Waals surface area contributed by atoms with Crippen LogP contribution in [0.15, 0.2) is 24.3 Å². The lowest BCUT2D eigenvalue weighted by atomic mass is 10.1. The Bertz CT molecular complexity index is 582. The summed E-state index contributed by atoms with van der Waals surface area (Å²) in [6.07, 6.45) is 1.54. The van der Waals surface area contributed by atoms with Crippen molar-refractivity contribution in [3.05, 3.63) is 34.9 Å². The summed E-state index contributed by atoms with van der Waals surface area (Å²) in [5.74, 6) is -0.0177. The van der Waals surface area contributed by atoms with Crippen molar-refractivity contribution in [2.45, 2.75) is 18.4 Å². The first-order valence-electron chi connectivity index (χ1n) is 7.13. The molecule has 0 atom stereocenters. The van der Waals surface area contributed by atoms with E-state index in [9.17, 15) is 9.59 Å². The van der Waals surface area contributed by atoms with Crippen molar-refractivity contribution in [2.24, 2.45) is 5.73 Å². The van der Waals surface area contributed by atoms with Gasteiger partial charge in [-0.25, -0.2) is 0 Å². The van der Waals surface area contributed by atoms with Gasteiger partial charge in [-0.1, -0.05) is 17.7 Å². The lowest BCUT2D eigenvalue weighted by molar-refractivity contribution is -0.135. The Labute approximate surface area is 140 Å². The maximum absolute atomic E-state index is 12.4. The van der Waals surface area contributed by atoms with Crippen molar-refractivity contribution in [1.82, 2.24) is 9.80 Å². The molecule has 1 saturated carbocycles. The number of carbonyl (C=O) groups is 2. The largest absolute Gasteiger partial charge is 0.338 e. The number of piperazine rings is 1. The lowest BCUT2D eigenvalue weighted by Gasteiger charge is -2.36. The van der Waals surface area contributed by atoms with Crippen molar-refractivity contribution < 1.29 is 9.59 Å². The summed E-state index contributed by atoms with van der Waals surface area (Å²) in [6.45, 7) is 2.16. The summed E-state index contributed by atoms with van der Waals surface area (Å²) < 4.78 is 0. The summed E-state index contributed by atoms with van der Waals surface area (Å²) in [7, 11) is 0. The Hall–Kier alpha value is -1.30. The van der Waals surface area contributed by atoms with Crippen LogP contribution in [-0.2, 0) is 4.79 Å². The maximum atomic E-state index is 12.4. The van der Waals surface area contributed by atoms with Gasteiger partial charge in [0.05, 0.1) is 5.54 Å². The van der Waals surface area contributed by atoms with Crippen molar-refractivity contribution in [2.75, 3.05) is 26.2 Å². The van der Waals surface area contributed by atoms with Crippen LogP contribution in [0.4, 0.5) is 0 Å². The van der Waals surface area contributed by atoms with Gasteiger partial charge in [0.15, 0.2) is 0 Å². The van der Waals surface area contributed by atoms with E-state index in [1.54, 1.807) is 34.1 Å². The van der Waals surface area contributed by atoms with Gasteiger partial charge >= 0.3 is 0 Å². The van der Waals surface area contributed by atoms with Crippen molar-refractivity contribution in [3.8, 4) is 0 Å². The molecule has 120 valence electrons. The number of nitrogens with two attached hydrogens (primary N) is 1. The molecule has 2 N–H and O–H groups in total. The molecular weight excluding hydrogens is 325 g/mol. The molecular formula is C15H19Cl2N3O2.